The highest BCUT2D eigenvalue weighted by atomic mass is 32.2. The van der Waals surface area contributed by atoms with Gasteiger partial charge >= 0.3 is 0 Å². The molecule has 0 aromatic heterocycles. The van der Waals surface area contributed by atoms with Crippen molar-refractivity contribution in [3.05, 3.63) is 29.8 Å². The molecule has 1 aliphatic rings. The van der Waals surface area contributed by atoms with E-state index in [0.29, 0.717) is 12.3 Å². The molecule has 128 valence electrons. The van der Waals surface area contributed by atoms with Gasteiger partial charge in [-0.1, -0.05) is 31.9 Å². The first kappa shape index (κ1) is 17.9. The van der Waals surface area contributed by atoms with Crippen molar-refractivity contribution in [1.82, 2.24) is 4.72 Å². The van der Waals surface area contributed by atoms with Crippen LogP contribution in [-0.4, -0.2) is 20.6 Å². The Balaban J connectivity index is 1.81. The first-order valence-corrected chi connectivity index (χ1v) is 10.0. The maximum absolute atomic E-state index is 12.1. The Morgan fingerprint density at radius 3 is 2.52 bits per heavy atom. The van der Waals surface area contributed by atoms with Crippen LogP contribution in [0.4, 0.5) is 5.69 Å². The lowest BCUT2D eigenvalue weighted by Crippen LogP contribution is -2.21. The van der Waals surface area contributed by atoms with E-state index in [1.54, 1.807) is 12.1 Å². The highest BCUT2D eigenvalue weighted by Gasteiger charge is 2.21. The van der Waals surface area contributed by atoms with Gasteiger partial charge in [-0.05, 0) is 42.4 Å². The van der Waals surface area contributed by atoms with Crippen LogP contribution in [0.25, 0.3) is 0 Å². The third kappa shape index (κ3) is 6.71. The SMILES string of the molecule is C[C@@H]1CCC[C@@H](CC(=O)Nc2ccc(CNS(C)(=O)=O)cc2)C1. The number of benzene rings is 1. The number of sulfonamides is 1. The molecule has 1 aliphatic carbocycles. The van der Waals surface area contributed by atoms with E-state index in [4.69, 9.17) is 0 Å². The molecule has 2 atom stereocenters. The molecule has 0 bridgehead atoms. The Hall–Kier alpha value is -1.40. The van der Waals surface area contributed by atoms with E-state index in [2.05, 4.69) is 17.0 Å². The van der Waals surface area contributed by atoms with Crippen LogP contribution < -0.4 is 10.0 Å². The van der Waals surface area contributed by atoms with Gasteiger partial charge in [-0.3, -0.25) is 4.79 Å². The molecule has 1 aromatic carbocycles. The molecule has 2 rings (SSSR count). The van der Waals surface area contributed by atoms with Crippen LogP contribution in [0.1, 0.15) is 44.6 Å². The highest BCUT2D eigenvalue weighted by Crippen LogP contribution is 2.30. The van der Waals surface area contributed by atoms with Crippen molar-refractivity contribution in [2.24, 2.45) is 11.8 Å². The highest BCUT2D eigenvalue weighted by molar-refractivity contribution is 7.88. The van der Waals surface area contributed by atoms with Crippen LogP contribution in [0.5, 0.6) is 0 Å². The zero-order valence-electron chi connectivity index (χ0n) is 13.8. The summed E-state index contributed by atoms with van der Waals surface area (Å²) in [5.74, 6) is 1.28. The molecule has 5 nitrogen and oxygen atoms in total. The molecule has 0 unspecified atom stereocenters. The maximum Gasteiger partial charge on any atom is 0.224 e. The number of rotatable bonds is 6. The van der Waals surface area contributed by atoms with E-state index in [1.165, 1.54) is 12.8 Å². The second kappa shape index (κ2) is 7.93. The summed E-state index contributed by atoms with van der Waals surface area (Å²) in [4.78, 5) is 12.1. The van der Waals surface area contributed by atoms with Crippen LogP contribution in [0.2, 0.25) is 0 Å². The van der Waals surface area contributed by atoms with Crippen LogP contribution in [0.3, 0.4) is 0 Å². The lowest BCUT2D eigenvalue weighted by atomic mass is 9.81. The van der Waals surface area contributed by atoms with E-state index in [0.717, 1.165) is 36.3 Å². The number of amides is 1. The number of hydrogen-bond acceptors (Lipinski definition) is 3. The maximum atomic E-state index is 12.1. The molecule has 6 heteroatoms. The lowest BCUT2D eigenvalue weighted by molar-refractivity contribution is -0.117. The molecule has 0 radical (unpaired) electrons. The molecule has 0 spiro atoms. The van der Waals surface area contributed by atoms with Crippen LogP contribution in [0.15, 0.2) is 24.3 Å². The summed E-state index contributed by atoms with van der Waals surface area (Å²) in [5.41, 5.74) is 1.61. The van der Waals surface area contributed by atoms with Gasteiger partial charge in [-0.25, -0.2) is 13.1 Å². The molecule has 23 heavy (non-hydrogen) atoms. The third-order valence-electron chi connectivity index (χ3n) is 4.30. The second-order valence-electron chi connectivity index (χ2n) is 6.68. The van der Waals surface area contributed by atoms with Gasteiger partial charge in [0.05, 0.1) is 6.26 Å². The lowest BCUT2D eigenvalue weighted by Gasteiger charge is -2.26. The van der Waals surface area contributed by atoms with Crippen LogP contribution >= 0.6 is 0 Å². The third-order valence-corrected chi connectivity index (χ3v) is 4.96. The van der Waals surface area contributed by atoms with Crippen LogP contribution in [-0.2, 0) is 21.4 Å². The summed E-state index contributed by atoms with van der Waals surface area (Å²) in [7, 11) is -3.19. The van der Waals surface area contributed by atoms with Crippen molar-refractivity contribution in [2.75, 3.05) is 11.6 Å². The Bertz CT molecular complexity index is 626. The second-order valence-corrected chi connectivity index (χ2v) is 8.51. The molecule has 2 N–H and O–H groups in total. The number of carbonyl (C=O) groups excluding carboxylic acids is 1. The minimum atomic E-state index is -3.19. The molecule has 1 amide bonds. The Labute approximate surface area is 138 Å². The fraction of sp³-hybridized carbons (Fsp3) is 0.588. The smallest absolute Gasteiger partial charge is 0.224 e. The van der Waals surface area contributed by atoms with Gasteiger partial charge in [0.25, 0.3) is 0 Å². The molecule has 1 aromatic rings. The fourth-order valence-electron chi connectivity index (χ4n) is 3.14. The standard InChI is InChI=1S/C17H26N2O3S/c1-13-4-3-5-15(10-13)11-17(20)19-16-8-6-14(7-9-16)12-18-23(2,21)22/h6-9,13,15,18H,3-5,10-12H2,1-2H3,(H,19,20)/t13-,15-/m1/s1. The van der Waals surface area contributed by atoms with Gasteiger partial charge in [0.2, 0.25) is 15.9 Å². The van der Waals surface area contributed by atoms with Gasteiger partial charge in [0, 0.05) is 18.7 Å². The summed E-state index contributed by atoms with van der Waals surface area (Å²) in [6.07, 6.45) is 6.51. The van der Waals surface area contributed by atoms with E-state index in [1.807, 2.05) is 12.1 Å². The molecule has 0 aliphatic heterocycles. The first-order chi connectivity index (χ1) is 10.8. The number of hydrogen-bond donors (Lipinski definition) is 2. The van der Waals surface area contributed by atoms with Gasteiger partial charge in [0.1, 0.15) is 0 Å². The monoisotopic (exact) mass is 338 g/mol. The predicted octanol–water partition coefficient (Wildman–Crippen LogP) is 2.89. The molecule has 1 saturated carbocycles. The predicted molar refractivity (Wildman–Crippen MR) is 92.5 cm³/mol. The van der Waals surface area contributed by atoms with Crippen molar-refractivity contribution in [3.63, 3.8) is 0 Å². The number of carbonyl (C=O) groups is 1. The Morgan fingerprint density at radius 1 is 1.22 bits per heavy atom. The first-order valence-electron chi connectivity index (χ1n) is 8.15. The topological polar surface area (TPSA) is 75.3 Å². The van der Waals surface area contributed by atoms with Crippen molar-refractivity contribution >= 4 is 21.6 Å². The van der Waals surface area contributed by atoms with Crippen molar-refractivity contribution in [1.29, 1.82) is 0 Å². The van der Waals surface area contributed by atoms with Gasteiger partial charge in [-0.15, -0.1) is 0 Å². The molecule has 1 fully saturated rings. The zero-order valence-corrected chi connectivity index (χ0v) is 14.7. The molecular formula is C17H26N2O3S. The average molecular weight is 338 g/mol. The van der Waals surface area contributed by atoms with E-state index in [-0.39, 0.29) is 12.5 Å². The van der Waals surface area contributed by atoms with Crippen molar-refractivity contribution < 1.29 is 13.2 Å². The molecular weight excluding hydrogens is 312 g/mol. The summed E-state index contributed by atoms with van der Waals surface area (Å²) < 4.78 is 24.6. The summed E-state index contributed by atoms with van der Waals surface area (Å²) in [5, 5.41) is 2.93. The zero-order chi connectivity index (χ0) is 16.9. The minimum absolute atomic E-state index is 0.0612. The minimum Gasteiger partial charge on any atom is -0.326 e. The van der Waals surface area contributed by atoms with E-state index in [9.17, 15) is 13.2 Å². The Morgan fingerprint density at radius 2 is 1.91 bits per heavy atom. The van der Waals surface area contributed by atoms with Gasteiger partial charge in [-0.2, -0.15) is 0 Å². The summed E-state index contributed by atoms with van der Waals surface area (Å²) in [6, 6.07) is 7.24. The summed E-state index contributed by atoms with van der Waals surface area (Å²) in [6.45, 7) is 2.51. The Kier molecular flexibility index (Phi) is 6.18. The van der Waals surface area contributed by atoms with Crippen LogP contribution in [0, 0.1) is 11.8 Å². The van der Waals surface area contributed by atoms with E-state index < -0.39 is 10.0 Å². The van der Waals surface area contributed by atoms with E-state index >= 15 is 0 Å². The molecule has 0 heterocycles. The normalized spacial score (nSPS) is 21.8. The van der Waals surface area contributed by atoms with Crippen molar-refractivity contribution in [2.45, 2.75) is 45.6 Å². The average Bonchev–Trinajstić information content (AvgIpc) is 2.45. The summed E-state index contributed by atoms with van der Waals surface area (Å²) >= 11 is 0. The number of nitrogens with one attached hydrogen (secondary N) is 2. The largest absolute Gasteiger partial charge is 0.326 e. The number of anilines is 1. The molecule has 0 saturated heterocycles. The fourth-order valence-corrected chi connectivity index (χ4v) is 3.57. The van der Waals surface area contributed by atoms with Gasteiger partial charge < -0.3 is 5.32 Å². The quantitative estimate of drug-likeness (QED) is 0.837. The van der Waals surface area contributed by atoms with Crippen molar-refractivity contribution in [3.8, 4) is 0 Å². The van der Waals surface area contributed by atoms with Gasteiger partial charge in [0.15, 0.2) is 0 Å².